The van der Waals surface area contributed by atoms with E-state index in [0.717, 1.165) is 5.56 Å². The van der Waals surface area contributed by atoms with Gasteiger partial charge in [-0.15, -0.1) is 0 Å². The number of hydrogen-bond donors (Lipinski definition) is 1. The smallest absolute Gasteiger partial charge is 0.250 e. The van der Waals surface area contributed by atoms with E-state index in [9.17, 15) is 9.18 Å². The number of carbonyl (C=O) groups is 1. The molecule has 1 aromatic rings. The van der Waals surface area contributed by atoms with Crippen LogP contribution in [0.5, 0.6) is 0 Å². The Labute approximate surface area is 101 Å². The van der Waals surface area contributed by atoms with E-state index in [0.29, 0.717) is 18.5 Å². The first-order valence-electron chi connectivity index (χ1n) is 5.60. The lowest BCUT2D eigenvalue weighted by Crippen LogP contribution is -2.35. The van der Waals surface area contributed by atoms with Gasteiger partial charge in [0.1, 0.15) is 11.9 Å². The summed E-state index contributed by atoms with van der Waals surface area (Å²) in [6.45, 7) is 3.67. The van der Waals surface area contributed by atoms with Gasteiger partial charge in [0, 0.05) is 13.6 Å². The van der Waals surface area contributed by atoms with E-state index in [1.54, 1.807) is 26.1 Å². The number of hydrogen-bond acceptors (Lipinski definition) is 2. The number of amides is 1. The summed E-state index contributed by atoms with van der Waals surface area (Å²) in [5.41, 5.74) is 1.58. The maximum atomic E-state index is 13.0. The zero-order valence-electron chi connectivity index (χ0n) is 10.4. The lowest BCUT2D eigenvalue weighted by molar-refractivity contribution is -0.137. The second-order valence-electron chi connectivity index (χ2n) is 4.27. The van der Waals surface area contributed by atoms with Gasteiger partial charge in [-0.2, -0.15) is 0 Å². The van der Waals surface area contributed by atoms with E-state index in [2.05, 4.69) is 0 Å². The number of nitrogens with zero attached hydrogens (tertiary/aromatic N) is 1. The lowest BCUT2D eigenvalue weighted by Gasteiger charge is -2.18. The monoisotopic (exact) mass is 239 g/mol. The molecule has 4 heteroatoms. The molecule has 3 nitrogen and oxygen atoms in total. The van der Waals surface area contributed by atoms with Crippen LogP contribution >= 0.6 is 0 Å². The van der Waals surface area contributed by atoms with E-state index >= 15 is 0 Å². The van der Waals surface area contributed by atoms with Crippen LogP contribution in [0.25, 0.3) is 0 Å². The van der Waals surface area contributed by atoms with Crippen LogP contribution in [-0.4, -0.2) is 35.6 Å². The molecule has 17 heavy (non-hydrogen) atoms. The molecule has 0 aliphatic carbocycles. The van der Waals surface area contributed by atoms with Crippen molar-refractivity contribution in [2.75, 3.05) is 13.6 Å². The van der Waals surface area contributed by atoms with Crippen molar-refractivity contribution in [3.63, 3.8) is 0 Å². The minimum Gasteiger partial charge on any atom is -0.384 e. The van der Waals surface area contributed by atoms with Crippen molar-refractivity contribution in [2.45, 2.75) is 26.4 Å². The van der Waals surface area contributed by atoms with Crippen molar-refractivity contribution < 1.29 is 14.3 Å². The summed E-state index contributed by atoms with van der Waals surface area (Å²) in [7, 11) is 1.64. The Hall–Kier alpha value is -1.42. The molecule has 0 spiro atoms. The van der Waals surface area contributed by atoms with Gasteiger partial charge in [-0.1, -0.05) is 12.1 Å². The average molecular weight is 239 g/mol. The molecule has 0 aliphatic rings. The fraction of sp³-hybridized carbons (Fsp3) is 0.462. The van der Waals surface area contributed by atoms with Gasteiger partial charge in [-0.3, -0.25) is 4.79 Å². The highest BCUT2D eigenvalue weighted by atomic mass is 19.1. The molecule has 1 atom stereocenters. The van der Waals surface area contributed by atoms with Gasteiger partial charge in [0.15, 0.2) is 0 Å². The summed E-state index contributed by atoms with van der Waals surface area (Å²) in [5.74, 6) is -0.522. The molecule has 0 saturated carbocycles. The van der Waals surface area contributed by atoms with Crippen LogP contribution in [0.1, 0.15) is 18.1 Å². The quantitative estimate of drug-likeness (QED) is 0.865. The summed E-state index contributed by atoms with van der Waals surface area (Å²) < 4.78 is 13.0. The minimum atomic E-state index is -0.977. The highest BCUT2D eigenvalue weighted by molar-refractivity contribution is 5.79. The van der Waals surface area contributed by atoms with Crippen molar-refractivity contribution in [1.82, 2.24) is 4.90 Å². The molecule has 0 bridgehead atoms. The maximum Gasteiger partial charge on any atom is 0.250 e. The molecule has 1 rings (SSSR count). The maximum absolute atomic E-state index is 13.0. The van der Waals surface area contributed by atoms with Gasteiger partial charge in [-0.05, 0) is 37.5 Å². The third-order valence-electron chi connectivity index (χ3n) is 2.69. The highest BCUT2D eigenvalue weighted by Crippen LogP contribution is 2.10. The number of aliphatic hydroxyl groups excluding tert-OH is 1. The standard InChI is InChI=1S/C13H18FNO2/c1-9-8-11(4-5-12(9)14)6-7-15(3)13(17)10(2)16/h4-5,8,10,16H,6-7H2,1-3H3. The van der Waals surface area contributed by atoms with Crippen LogP contribution in [0.2, 0.25) is 0 Å². The first-order valence-corrected chi connectivity index (χ1v) is 5.60. The molecule has 0 saturated heterocycles. The van der Waals surface area contributed by atoms with E-state index in [1.165, 1.54) is 17.9 Å². The molecule has 0 radical (unpaired) electrons. The van der Waals surface area contributed by atoms with E-state index in [4.69, 9.17) is 5.11 Å². The first-order chi connectivity index (χ1) is 7.91. The van der Waals surface area contributed by atoms with Crippen molar-refractivity contribution in [3.05, 3.63) is 35.1 Å². The van der Waals surface area contributed by atoms with Gasteiger partial charge in [0.25, 0.3) is 5.91 Å². The van der Waals surface area contributed by atoms with Crippen molar-refractivity contribution >= 4 is 5.91 Å². The molecule has 1 amide bonds. The average Bonchev–Trinajstić information content (AvgIpc) is 2.29. The number of carbonyl (C=O) groups excluding carboxylic acids is 1. The van der Waals surface area contributed by atoms with Crippen molar-refractivity contribution in [3.8, 4) is 0 Å². The summed E-state index contributed by atoms with van der Waals surface area (Å²) in [6, 6.07) is 4.92. The van der Waals surface area contributed by atoms with Crippen LogP contribution in [0.15, 0.2) is 18.2 Å². The molecule has 0 aliphatic heterocycles. The fourth-order valence-electron chi connectivity index (χ4n) is 1.59. The summed E-state index contributed by atoms with van der Waals surface area (Å²) in [5, 5.41) is 9.13. The predicted octanol–water partition coefficient (Wildman–Crippen LogP) is 1.52. The van der Waals surface area contributed by atoms with Crippen LogP contribution in [-0.2, 0) is 11.2 Å². The normalized spacial score (nSPS) is 12.3. The summed E-state index contributed by atoms with van der Waals surface area (Å²) in [6.07, 6.45) is -0.328. The number of benzene rings is 1. The highest BCUT2D eigenvalue weighted by Gasteiger charge is 2.13. The van der Waals surface area contributed by atoms with Crippen LogP contribution in [0.3, 0.4) is 0 Å². The SMILES string of the molecule is Cc1cc(CCN(C)C(=O)C(C)O)ccc1F. The zero-order chi connectivity index (χ0) is 13.0. The van der Waals surface area contributed by atoms with E-state index in [-0.39, 0.29) is 11.7 Å². The van der Waals surface area contributed by atoms with Crippen LogP contribution in [0.4, 0.5) is 4.39 Å². The number of aliphatic hydroxyl groups is 1. The Morgan fingerprint density at radius 3 is 2.71 bits per heavy atom. The number of rotatable bonds is 4. The summed E-state index contributed by atoms with van der Waals surface area (Å²) in [4.78, 5) is 12.9. The molecule has 1 aromatic carbocycles. The van der Waals surface area contributed by atoms with Crippen molar-refractivity contribution in [2.24, 2.45) is 0 Å². The molecule has 0 aromatic heterocycles. The van der Waals surface area contributed by atoms with Crippen LogP contribution < -0.4 is 0 Å². The Kier molecular flexibility index (Phi) is 4.63. The third kappa shape index (κ3) is 3.82. The molecule has 0 fully saturated rings. The Morgan fingerprint density at radius 2 is 2.18 bits per heavy atom. The van der Waals surface area contributed by atoms with E-state index in [1.807, 2.05) is 0 Å². The lowest BCUT2D eigenvalue weighted by atomic mass is 10.1. The number of aryl methyl sites for hydroxylation is 1. The van der Waals surface area contributed by atoms with Gasteiger partial charge < -0.3 is 10.0 Å². The predicted molar refractivity (Wildman–Crippen MR) is 64.2 cm³/mol. The first kappa shape index (κ1) is 13.6. The summed E-state index contributed by atoms with van der Waals surface area (Å²) >= 11 is 0. The van der Waals surface area contributed by atoms with Crippen molar-refractivity contribution in [1.29, 1.82) is 0 Å². The van der Waals surface area contributed by atoms with E-state index < -0.39 is 6.10 Å². The number of likely N-dealkylation sites (N-methyl/N-ethyl adjacent to an activating group) is 1. The third-order valence-corrected chi connectivity index (χ3v) is 2.69. The molecule has 0 heterocycles. The van der Waals surface area contributed by atoms with Gasteiger partial charge >= 0.3 is 0 Å². The Bertz CT molecular complexity index is 404. The second-order valence-corrected chi connectivity index (χ2v) is 4.27. The van der Waals surface area contributed by atoms with Gasteiger partial charge in [0.05, 0.1) is 0 Å². The molecule has 1 N–H and O–H groups in total. The van der Waals surface area contributed by atoms with Gasteiger partial charge in [-0.25, -0.2) is 4.39 Å². The Morgan fingerprint density at radius 1 is 1.53 bits per heavy atom. The molecule has 94 valence electrons. The molecular formula is C13H18FNO2. The fourth-order valence-corrected chi connectivity index (χ4v) is 1.59. The molecule has 1 unspecified atom stereocenters. The topological polar surface area (TPSA) is 40.5 Å². The van der Waals surface area contributed by atoms with Gasteiger partial charge in [0.2, 0.25) is 0 Å². The second kappa shape index (κ2) is 5.77. The number of halogens is 1. The molecular weight excluding hydrogens is 221 g/mol. The zero-order valence-corrected chi connectivity index (χ0v) is 10.4. The Balaban J connectivity index is 2.56. The minimum absolute atomic E-state index is 0.220. The van der Waals surface area contributed by atoms with Crippen LogP contribution in [0, 0.1) is 12.7 Å². The largest absolute Gasteiger partial charge is 0.384 e.